The Morgan fingerprint density at radius 3 is 2.77 bits per heavy atom. The standard InChI is InChI=1S/C10H15BrN2/c1-10(2,12-3)7-9-8(11)5-4-6-13-9/h4-6,12H,7H2,1-3H3. The second kappa shape index (κ2) is 4.20. The average Bonchev–Trinajstić information content (AvgIpc) is 2.09. The third kappa shape index (κ3) is 3.08. The van der Waals surface area contributed by atoms with Crippen molar-refractivity contribution in [2.24, 2.45) is 0 Å². The van der Waals surface area contributed by atoms with Gasteiger partial charge in [-0.05, 0) is 49.0 Å². The Balaban J connectivity index is 2.80. The zero-order valence-electron chi connectivity index (χ0n) is 8.26. The van der Waals surface area contributed by atoms with Crippen molar-refractivity contribution in [3.05, 3.63) is 28.5 Å². The molecule has 0 fully saturated rings. The van der Waals surface area contributed by atoms with Crippen LogP contribution in [0.4, 0.5) is 0 Å². The van der Waals surface area contributed by atoms with Gasteiger partial charge in [-0.2, -0.15) is 0 Å². The molecule has 13 heavy (non-hydrogen) atoms. The second-order valence-electron chi connectivity index (χ2n) is 3.74. The van der Waals surface area contributed by atoms with Crippen LogP contribution >= 0.6 is 15.9 Å². The van der Waals surface area contributed by atoms with Crippen LogP contribution in [-0.4, -0.2) is 17.6 Å². The molecule has 0 bridgehead atoms. The molecule has 0 radical (unpaired) electrons. The topological polar surface area (TPSA) is 24.9 Å². The molecule has 0 amide bonds. The molecular weight excluding hydrogens is 228 g/mol. The molecule has 0 spiro atoms. The molecule has 0 unspecified atom stereocenters. The van der Waals surface area contributed by atoms with Crippen LogP contribution in [0.25, 0.3) is 0 Å². The summed E-state index contributed by atoms with van der Waals surface area (Å²) in [5, 5.41) is 3.26. The predicted octanol–water partition coefficient (Wildman–Crippen LogP) is 2.38. The van der Waals surface area contributed by atoms with Crippen molar-refractivity contribution < 1.29 is 0 Å². The molecule has 0 atom stereocenters. The Morgan fingerprint density at radius 2 is 2.23 bits per heavy atom. The predicted molar refractivity (Wildman–Crippen MR) is 58.8 cm³/mol. The molecule has 1 heterocycles. The van der Waals surface area contributed by atoms with Crippen molar-refractivity contribution in [1.29, 1.82) is 0 Å². The van der Waals surface area contributed by atoms with Gasteiger partial charge in [0.25, 0.3) is 0 Å². The molecule has 0 saturated heterocycles. The van der Waals surface area contributed by atoms with Crippen molar-refractivity contribution in [2.45, 2.75) is 25.8 Å². The highest BCUT2D eigenvalue weighted by atomic mass is 79.9. The largest absolute Gasteiger partial charge is 0.314 e. The third-order valence-electron chi connectivity index (χ3n) is 2.12. The molecule has 0 aromatic carbocycles. The molecule has 1 aromatic rings. The van der Waals surface area contributed by atoms with Crippen LogP contribution in [0.2, 0.25) is 0 Å². The Morgan fingerprint density at radius 1 is 1.54 bits per heavy atom. The molecule has 1 aromatic heterocycles. The van der Waals surface area contributed by atoms with Gasteiger partial charge in [0, 0.05) is 22.6 Å². The number of likely N-dealkylation sites (N-methyl/N-ethyl adjacent to an activating group) is 1. The summed E-state index contributed by atoms with van der Waals surface area (Å²) in [5.41, 5.74) is 1.19. The Bertz CT molecular complexity index is 284. The fourth-order valence-electron chi connectivity index (χ4n) is 1.06. The smallest absolute Gasteiger partial charge is 0.0563 e. The fourth-order valence-corrected chi connectivity index (χ4v) is 1.45. The van der Waals surface area contributed by atoms with Crippen LogP contribution in [0.5, 0.6) is 0 Å². The monoisotopic (exact) mass is 242 g/mol. The van der Waals surface area contributed by atoms with E-state index in [1.807, 2.05) is 25.4 Å². The first-order valence-corrected chi connectivity index (χ1v) is 5.13. The molecule has 0 aliphatic heterocycles. The SMILES string of the molecule is CNC(C)(C)Cc1ncccc1Br. The highest BCUT2D eigenvalue weighted by molar-refractivity contribution is 9.10. The molecular formula is C10H15BrN2. The van der Waals surface area contributed by atoms with Crippen LogP contribution in [0, 0.1) is 0 Å². The fraction of sp³-hybridized carbons (Fsp3) is 0.500. The molecule has 3 heteroatoms. The number of hydrogen-bond donors (Lipinski definition) is 1. The summed E-state index contributed by atoms with van der Waals surface area (Å²) < 4.78 is 1.08. The molecule has 0 aliphatic rings. The molecule has 0 saturated carbocycles. The van der Waals surface area contributed by atoms with Gasteiger partial charge in [0.15, 0.2) is 0 Å². The van der Waals surface area contributed by atoms with E-state index < -0.39 is 0 Å². The molecule has 1 rings (SSSR count). The first-order chi connectivity index (χ1) is 6.05. The van der Waals surface area contributed by atoms with Crippen molar-refractivity contribution in [2.75, 3.05) is 7.05 Å². The van der Waals surface area contributed by atoms with Gasteiger partial charge in [0.1, 0.15) is 0 Å². The number of nitrogens with zero attached hydrogens (tertiary/aromatic N) is 1. The summed E-state index contributed by atoms with van der Waals surface area (Å²) in [6.45, 7) is 4.32. The lowest BCUT2D eigenvalue weighted by Gasteiger charge is -2.23. The second-order valence-corrected chi connectivity index (χ2v) is 4.60. The minimum Gasteiger partial charge on any atom is -0.314 e. The summed E-state index contributed by atoms with van der Waals surface area (Å²) in [6, 6.07) is 3.95. The van der Waals surface area contributed by atoms with Crippen LogP contribution in [0.15, 0.2) is 22.8 Å². The van der Waals surface area contributed by atoms with Gasteiger partial charge in [-0.15, -0.1) is 0 Å². The van der Waals surface area contributed by atoms with Gasteiger partial charge in [0.2, 0.25) is 0 Å². The van der Waals surface area contributed by atoms with E-state index in [0.29, 0.717) is 0 Å². The van der Waals surface area contributed by atoms with Gasteiger partial charge in [-0.1, -0.05) is 0 Å². The maximum atomic E-state index is 4.32. The minimum atomic E-state index is 0.0941. The van der Waals surface area contributed by atoms with Crippen molar-refractivity contribution in [3.63, 3.8) is 0 Å². The highest BCUT2D eigenvalue weighted by Crippen LogP contribution is 2.18. The molecule has 1 N–H and O–H groups in total. The minimum absolute atomic E-state index is 0.0941. The highest BCUT2D eigenvalue weighted by Gasteiger charge is 2.17. The molecule has 2 nitrogen and oxygen atoms in total. The maximum absolute atomic E-state index is 4.32. The summed E-state index contributed by atoms with van der Waals surface area (Å²) in [7, 11) is 1.97. The van der Waals surface area contributed by atoms with Gasteiger partial charge >= 0.3 is 0 Å². The zero-order valence-corrected chi connectivity index (χ0v) is 9.85. The number of rotatable bonds is 3. The van der Waals surface area contributed by atoms with E-state index in [4.69, 9.17) is 0 Å². The van der Waals surface area contributed by atoms with E-state index in [2.05, 4.69) is 40.1 Å². The number of pyridine rings is 1. The van der Waals surface area contributed by atoms with Crippen LogP contribution in [0.1, 0.15) is 19.5 Å². The normalized spacial score (nSPS) is 11.7. The quantitative estimate of drug-likeness (QED) is 0.881. The Kier molecular flexibility index (Phi) is 3.45. The van der Waals surface area contributed by atoms with Crippen LogP contribution in [-0.2, 0) is 6.42 Å². The number of nitrogens with one attached hydrogen (secondary N) is 1. The lowest BCUT2D eigenvalue weighted by atomic mass is 9.98. The van der Waals surface area contributed by atoms with Gasteiger partial charge < -0.3 is 5.32 Å². The lowest BCUT2D eigenvalue weighted by Crippen LogP contribution is -2.38. The van der Waals surface area contributed by atoms with E-state index in [0.717, 1.165) is 16.6 Å². The summed E-state index contributed by atoms with van der Waals surface area (Å²) in [5.74, 6) is 0. The Labute approximate surface area is 87.9 Å². The average molecular weight is 243 g/mol. The van der Waals surface area contributed by atoms with Crippen molar-refractivity contribution in [3.8, 4) is 0 Å². The summed E-state index contributed by atoms with van der Waals surface area (Å²) in [4.78, 5) is 4.32. The zero-order chi connectivity index (χ0) is 9.90. The third-order valence-corrected chi connectivity index (χ3v) is 2.84. The number of halogens is 1. The molecule has 72 valence electrons. The van der Waals surface area contributed by atoms with E-state index in [9.17, 15) is 0 Å². The maximum Gasteiger partial charge on any atom is 0.0563 e. The summed E-state index contributed by atoms with van der Waals surface area (Å²) >= 11 is 3.49. The number of aromatic nitrogens is 1. The van der Waals surface area contributed by atoms with E-state index in [1.165, 1.54) is 0 Å². The first kappa shape index (κ1) is 10.7. The van der Waals surface area contributed by atoms with Gasteiger partial charge in [-0.25, -0.2) is 0 Å². The van der Waals surface area contributed by atoms with Crippen molar-refractivity contribution >= 4 is 15.9 Å². The summed E-state index contributed by atoms with van der Waals surface area (Å²) in [6.07, 6.45) is 2.75. The van der Waals surface area contributed by atoms with E-state index in [-0.39, 0.29) is 5.54 Å². The molecule has 0 aliphatic carbocycles. The van der Waals surface area contributed by atoms with Crippen LogP contribution < -0.4 is 5.32 Å². The Hall–Kier alpha value is -0.410. The lowest BCUT2D eigenvalue weighted by molar-refractivity contribution is 0.417. The van der Waals surface area contributed by atoms with E-state index >= 15 is 0 Å². The van der Waals surface area contributed by atoms with Crippen LogP contribution in [0.3, 0.4) is 0 Å². The number of hydrogen-bond acceptors (Lipinski definition) is 2. The van der Waals surface area contributed by atoms with Crippen molar-refractivity contribution in [1.82, 2.24) is 10.3 Å². The van der Waals surface area contributed by atoms with Gasteiger partial charge in [-0.3, -0.25) is 4.98 Å². The first-order valence-electron chi connectivity index (χ1n) is 4.33. The van der Waals surface area contributed by atoms with Gasteiger partial charge in [0.05, 0.1) is 5.69 Å². The van der Waals surface area contributed by atoms with E-state index in [1.54, 1.807) is 0 Å².